The summed E-state index contributed by atoms with van der Waals surface area (Å²) in [5, 5.41) is 8.69. The van der Waals surface area contributed by atoms with E-state index in [9.17, 15) is 13.2 Å². The molecule has 0 spiro atoms. The van der Waals surface area contributed by atoms with Crippen LogP contribution in [0.2, 0.25) is 10.0 Å². The van der Waals surface area contributed by atoms with E-state index < -0.39 is 11.7 Å². The van der Waals surface area contributed by atoms with Crippen LogP contribution < -0.4 is 5.32 Å². The maximum absolute atomic E-state index is 13.4. The molecule has 0 aliphatic carbocycles. The smallest absolute Gasteiger partial charge is 0.369 e. The SMILES string of the molecule is FC(F)(F)c1ccccc1-n1nc(Cc2ccc(Cl)cc2Cl)c2c1NCC2. The minimum atomic E-state index is -4.46. The van der Waals surface area contributed by atoms with Crippen LogP contribution in [0.1, 0.15) is 22.4 Å². The highest BCUT2D eigenvalue weighted by Gasteiger charge is 2.35. The van der Waals surface area contributed by atoms with Crippen LogP contribution in [0.3, 0.4) is 0 Å². The number of aromatic nitrogens is 2. The van der Waals surface area contributed by atoms with Crippen molar-refractivity contribution >= 4 is 29.0 Å². The molecule has 0 fully saturated rings. The van der Waals surface area contributed by atoms with E-state index >= 15 is 0 Å². The summed E-state index contributed by atoms with van der Waals surface area (Å²) < 4.78 is 41.7. The second-order valence-electron chi connectivity index (χ2n) is 6.29. The minimum absolute atomic E-state index is 0.00380. The first-order valence-corrected chi connectivity index (χ1v) is 9.05. The number of benzene rings is 2. The lowest BCUT2D eigenvalue weighted by atomic mass is 10.1. The number of halogens is 5. The number of nitrogens with zero attached hydrogens (tertiary/aromatic N) is 2. The first kappa shape index (κ1) is 18.2. The number of nitrogens with one attached hydrogen (secondary N) is 1. The van der Waals surface area contributed by atoms with Crippen LogP contribution in [0.15, 0.2) is 42.5 Å². The van der Waals surface area contributed by atoms with Crippen LogP contribution in [-0.2, 0) is 19.0 Å². The summed E-state index contributed by atoms with van der Waals surface area (Å²) in [4.78, 5) is 0. The first-order valence-electron chi connectivity index (χ1n) is 8.30. The molecule has 140 valence electrons. The average Bonchev–Trinajstić information content (AvgIpc) is 3.20. The molecule has 8 heteroatoms. The first-order chi connectivity index (χ1) is 12.8. The second-order valence-corrected chi connectivity index (χ2v) is 7.13. The summed E-state index contributed by atoms with van der Waals surface area (Å²) in [6, 6.07) is 10.6. The third-order valence-corrected chi connectivity index (χ3v) is 5.13. The molecule has 27 heavy (non-hydrogen) atoms. The number of alkyl halides is 3. The Labute approximate surface area is 163 Å². The Morgan fingerprint density at radius 1 is 1.11 bits per heavy atom. The molecular formula is C19H14Cl2F3N3. The summed E-state index contributed by atoms with van der Waals surface area (Å²) in [6.07, 6.45) is -3.35. The Bertz CT molecular complexity index is 1010. The van der Waals surface area contributed by atoms with Gasteiger partial charge in [-0.1, -0.05) is 41.4 Å². The summed E-state index contributed by atoms with van der Waals surface area (Å²) in [5.41, 5.74) is 1.72. The van der Waals surface area contributed by atoms with E-state index in [1.165, 1.54) is 16.8 Å². The topological polar surface area (TPSA) is 29.9 Å². The van der Waals surface area contributed by atoms with Crippen molar-refractivity contribution in [3.05, 3.63) is 74.9 Å². The summed E-state index contributed by atoms with van der Waals surface area (Å²) in [6.45, 7) is 0.655. The fraction of sp³-hybridized carbons (Fsp3) is 0.211. The molecule has 4 rings (SSSR count). The molecule has 0 saturated carbocycles. The highest BCUT2D eigenvalue weighted by molar-refractivity contribution is 6.35. The van der Waals surface area contributed by atoms with Crippen LogP contribution >= 0.6 is 23.2 Å². The molecule has 0 amide bonds. The summed E-state index contributed by atoms with van der Waals surface area (Å²) in [5.74, 6) is 0.604. The van der Waals surface area contributed by atoms with E-state index in [-0.39, 0.29) is 5.69 Å². The van der Waals surface area contributed by atoms with Crippen LogP contribution in [0, 0.1) is 0 Å². The minimum Gasteiger partial charge on any atom is -0.369 e. The largest absolute Gasteiger partial charge is 0.418 e. The number of fused-ring (bicyclic) bond motifs is 1. The van der Waals surface area contributed by atoms with Crippen molar-refractivity contribution in [3.63, 3.8) is 0 Å². The molecule has 1 aromatic heterocycles. The van der Waals surface area contributed by atoms with Crippen LogP contribution in [0.4, 0.5) is 19.0 Å². The van der Waals surface area contributed by atoms with Crippen molar-refractivity contribution in [2.24, 2.45) is 0 Å². The average molecular weight is 412 g/mol. The van der Waals surface area contributed by atoms with Crippen molar-refractivity contribution in [1.82, 2.24) is 9.78 Å². The van der Waals surface area contributed by atoms with Gasteiger partial charge in [-0.3, -0.25) is 0 Å². The highest BCUT2D eigenvalue weighted by atomic mass is 35.5. The van der Waals surface area contributed by atoms with Gasteiger partial charge in [0.2, 0.25) is 0 Å². The molecule has 0 bridgehead atoms. The molecule has 3 aromatic rings. The van der Waals surface area contributed by atoms with Gasteiger partial charge in [0, 0.05) is 28.6 Å². The Morgan fingerprint density at radius 2 is 1.89 bits per heavy atom. The molecule has 0 atom stereocenters. The summed E-state index contributed by atoms with van der Waals surface area (Å²) >= 11 is 12.2. The third-order valence-electron chi connectivity index (χ3n) is 4.54. The van der Waals surface area contributed by atoms with E-state index in [0.717, 1.165) is 17.2 Å². The monoisotopic (exact) mass is 411 g/mol. The fourth-order valence-electron chi connectivity index (χ4n) is 3.31. The van der Waals surface area contributed by atoms with E-state index in [1.54, 1.807) is 18.2 Å². The predicted molar refractivity (Wildman–Crippen MR) is 100 cm³/mol. The molecule has 3 nitrogen and oxygen atoms in total. The molecule has 0 unspecified atom stereocenters. The molecular weight excluding hydrogens is 398 g/mol. The summed E-state index contributed by atoms with van der Waals surface area (Å²) in [7, 11) is 0. The third kappa shape index (κ3) is 3.39. The lowest BCUT2D eigenvalue weighted by molar-refractivity contribution is -0.137. The van der Waals surface area contributed by atoms with Crippen LogP contribution in [-0.4, -0.2) is 16.3 Å². The fourth-order valence-corrected chi connectivity index (χ4v) is 3.78. The standard InChI is InChI=1S/C19H14Cl2F3N3/c20-12-6-5-11(15(21)10-12)9-16-13-7-8-25-18(13)27(26-16)17-4-2-1-3-14(17)19(22,23)24/h1-6,10,25H,7-9H2. The molecule has 0 radical (unpaired) electrons. The molecule has 0 saturated heterocycles. The van der Waals surface area contributed by atoms with Gasteiger partial charge >= 0.3 is 6.18 Å². The van der Waals surface area contributed by atoms with E-state index in [1.807, 2.05) is 6.07 Å². The van der Waals surface area contributed by atoms with Crippen LogP contribution in [0.5, 0.6) is 0 Å². The van der Waals surface area contributed by atoms with Crippen molar-refractivity contribution in [2.45, 2.75) is 19.0 Å². The second kappa shape index (κ2) is 6.77. The number of anilines is 1. The van der Waals surface area contributed by atoms with Gasteiger partial charge in [0.1, 0.15) is 5.82 Å². The van der Waals surface area contributed by atoms with Gasteiger partial charge < -0.3 is 5.32 Å². The molecule has 2 heterocycles. The molecule has 2 aromatic carbocycles. The highest BCUT2D eigenvalue weighted by Crippen LogP contribution is 2.37. The van der Waals surface area contributed by atoms with Crippen molar-refractivity contribution in [1.29, 1.82) is 0 Å². The maximum Gasteiger partial charge on any atom is 0.418 e. The number of hydrogen-bond acceptors (Lipinski definition) is 2. The maximum atomic E-state index is 13.4. The zero-order valence-electron chi connectivity index (χ0n) is 13.9. The van der Waals surface area contributed by atoms with Crippen molar-refractivity contribution in [2.75, 3.05) is 11.9 Å². The lowest BCUT2D eigenvalue weighted by Crippen LogP contribution is -2.13. The number of para-hydroxylation sites is 1. The Kier molecular flexibility index (Phi) is 4.56. The quantitative estimate of drug-likeness (QED) is 0.593. The van der Waals surface area contributed by atoms with E-state index in [4.69, 9.17) is 23.2 Å². The van der Waals surface area contributed by atoms with Crippen molar-refractivity contribution in [3.8, 4) is 5.69 Å². The zero-order valence-corrected chi connectivity index (χ0v) is 15.5. The number of rotatable bonds is 3. The molecule has 1 N–H and O–H groups in total. The van der Waals surface area contributed by atoms with E-state index in [0.29, 0.717) is 40.9 Å². The van der Waals surface area contributed by atoms with Gasteiger partial charge in [-0.05, 0) is 36.2 Å². The lowest BCUT2D eigenvalue weighted by Gasteiger charge is -2.14. The Hall–Kier alpha value is -2.18. The molecule has 1 aliphatic heterocycles. The van der Waals surface area contributed by atoms with Gasteiger partial charge in [0.25, 0.3) is 0 Å². The van der Waals surface area contributed by atoms with Gasteiger partial charge in [-0.25, -0.2) is 4.68 Å². The zero-order chi connectivity index (χ0) is 19.2. The van der Waals surface area contributed by atoms with Gasteiger partial charge in [-0.2, -0.15) is 18.3 Å². The molecule has 1 aliphatic rings. The predicted octanol–water partition coefficient (Wildman–Crippen LogP) is 5.76. The van der Waals surface area contributed by atoms with Crippen LogP contribution in [0.25, 0.3) is 5.69 Å². The van der Waals surface area contributed by atoms with Gasteiger partial charge in [0.05, 0.1) is 16.9 Å². The Morgan fingerprint density at radius 3 is 2.63 bits per heavy atom. The van der Waals surface area contributed by atoms with Gasteiger partial charge in [0.15, 0.2) is 0 Å². The van der Waals surface area contributed by atoms with Gasteiger partial charge in [-0.15, -0.1) is 0 Å². The Balaban J connectivity index is 1.81. The van der Waals surface area contributed by atoms with Crippen molar-refractivity contribution < 1.29 is 13.2 Å². The van der Waals surface area contributed by atoms with E-state index in [2.05, 4.69) is 10.4 Å². The number of hydrogen-bond donors (Lipinski definition) is 1. The normalized spacial score (nSPS) is 13.5.